The highest BCUT2D eigenvalue weighted by atomic mass is 16.2. The van der Waals surface area contributed by atoms with Gasteiger partial charge in [-0.3, -0.25) is 9.59 Å². The van der Waals surface area contributed by atoms with E-state index in [1.165, 1.54) is 6.92 Å². The molecule has 0 saturated heterocycles. The van der Waals surface area contributed by atoms with Gasteiger partial charge in [-0.1, -0.05) is 37.3 Å². The van der Waals surface area contributed by atoms with Gasteiger partial charge >= 0.3 is 0 Å². The largest absolute Gasteiger partial charge is 0.326 e. The Morgan fingerprint density at radius 1 is 1.04 bits per heavy atom. The van der Waals surface area contributed by atoms with Crippen LogP contribution in [0.25, 0.3) is 0 Å². The van der Waals surface area contributed by atoms with E-state index in [4.69, 9.17) is 0 Å². The van der Waals surface area contributed by atoms with Crippen molar-refractivity contribution in [3.8, 4) is 0 Å². The molecular formula is C21H26N2O2. The first-order chi connectivity index (χ1) is 11.9. The van der Waals surface area contributed by atoms with Gasteiger partial charge < -0.3 is 10.2 Å². The fourth-order valence-corrected chi connectivity index (χ4v) is 2.83. The summed E-state index contributed by atoms with van der Waals surface area (Å²) < 4.78 is 0. The number of para-hydroxylation sites is 1. The maximum atomic E-state index is 12.3. The fourth-order valence-electron chi connectivity index (χ4n) is 2.83. The summed E-state index contributed by atoms with van der Waals surface area (Å²) in [4.78, 5) is 26.1. The molecule has 1 N–H and O–H groups in total. The Kier molecular flexibility index (Phi) is 6.34. The number of hydrogen-bond donors (Lipinski definition) is 1. The van der Waals surface area contributed by atoms with Crippen LogP contribution in [-0.4, -0.2) is 18.4 Å². The SMILES string of the molecule is CCc1ccccc1N(CCC(=O)Nc1cccc(C)c1C)C(C)=O. The minimum Gasteiger partial charge on any atom is -0.326 e. The molecule has 0 spiro atoms. The van der Waals surface area contributed by atoms with E-state index in [2.05, 4.69) is 12.2 Å². The molecule has 0 aliphatic carbocycles. The highest BCUT2D eigenvalue weighted by Crippen LogP contribution is 2.22. The lowest BCUT2D eigenvalue weighted by Crippen LogP contribution is -2.32. The number of rotatable bonds is 6. The highest BCUT2D eigenvalue weighted by molar-refractivity contribution is 5.95. The zero-order valence-corrected chi connectivity index (χ0v) is 15.4. The summed E-state index contributed by atoms with van der Waals surface area (Å²) >= 11 is 0. The van der Waals surface area contributed by atoms with E-state index >= 15 is 0 Å². The lowest BCUT2D eigenvalue weighted by Gasteiger charge is -2.23. The molecule has 0 aliphatic rings. The fraction of sp³-hybridized carbons (Fsp3) is 0.333. The van der Waals surface area contributed by atoms with Crippen LogP contribution in [0.2, 0.25) is 0 Å². The number of nitrogens with zero attached hydrogens (tertiary/aromatic N) is 1. The van der Waals surface area contributed by atoms with Crippen molar-refractivity contribution in [1.29, 1.82) is 0 Å². The summed E-state index contributed by atoms with van der Waals surface area (Å²) in [5, 5.41) is 2.95. The van der Waals surface area contributed by atoms with Gasteiger partial charge in [0.2, 0.25) is 11.8 Å². The van der Waals surface area contributed by atoms with Crippen LogP contribution >= 0.6 is 0 Å². The number of anilines is 2. The second-order valence-electron chi connectivity index (χ2n) is 6.20. The van der Waals surface area contributed by atoms with Crippen molar-refractivity contribution in [2.45, 2.75) is 40.5 Å². The molecule has 0 saturated carbocycles. The minimum atomic E-state index is -0.0890. The molecule has 0 radical (unpaired) electrons. The second kappa shape index (κ2) is 8.47. The molecule has 0 fully saturated rings. The van der Waals surface area contributed by atoms with Gasteiger partial charge in [0.05, 0.1) is 0 Å². The minimum absolute atomic E-state index is 0.0552. The molecule has 2 aromatic carbocycles. The van der Waals surface area contributed by atoms with Crippen molar-refractivity contribution in [3.63, 3.8) is 0 Å². The number of nitrogens with one attached hydrogen (secondary N) is 1. The van der Waals surface area contributed by atoms with Gasteiger partial charge in [0.15, 0.2) is 0 Å². The average Bonchev–Trinajstić information content (AvgIpc) is 2.59. The van der Waals surface area contributed by atoms with Crippen LogP contribution in [0.1, 0.15) is 37.0 Å². The van der Waals surface area contributed by atoms with Gasteiger partial charge in [0, 0.05) is 31.3 Å². The van der Waals surface area contributed by atoms with Crippen LogP contribution in [0.15, 0.2) is 42.5 Å². The predicted octanol–water partition coefficient (Wildman–Crippen LogP) is 4.25. The lowest BCUT2D eigenvalue weighted by molar-refractivity contribution is -0.117. The van der Waals surface area contributed by atoms with Crippen LogP contribution in [-0.2, 0) is 16.0 Å². The van der Waals surface area contributed by atoms with Gasteiger partial charge in [-0.2, -0.15) is 0 Å². The van der Waals surface area contributed by atoms with E-state index in [1.807, 2.05) is 56.3 Å². The Balaban J connectivity index is 2.07. The van der Waals surface area contributed by atoms with Crippen molar-refractivity contribution in [2.75, 3.05) is 16.8 Å². The predicted molar refractivity (Wildman–Crippen MR) is 103 cm³/mol. The molecular weight excluding hydrogens is 312 g/mol. The van der Waals surface area contributed by atoms with E-state index in [1.54, 1.807) is 4.90 Å². The number of carbonyl (C=O) groups excluding carboxylic acids is 2. The normalized spacial score (nSPS) is 10.4. The molecule has 0 unspecified atom stereocenters. The zero-order valence-electron chi connectivity index (χ0n) is 15.4. The van der Waals surface area contributed by atoms with Gasteiger partial charge in [-0.25, -0.2) is 0 Å². The number of aryl methyl sites for hydroxylation is 2. The first kappa shape index (κ1) is 18.7. The molecule has 25 heavy (non-hydrogen) atoms. The van der Waals surface area contributed by atoms with Gasteiger partial charge in [0.25, 0.3) is 0 Å². The Morgan fingerprint density at radius 3 is 2.44 bits per heavy atom. The van der Waals surface area contributed by atoms with Crippen molar-refractivity contribution in [3.05, 3.63) is 59.2 Å². The van der Waals surface area contributed by atoms with Crippen molar-refractivity contribution in [2.24, 2.45) is 0 Å². The third-order valence-electron chi connectivity index (χ3n) is 4.48. The van der Waals surface area contributed by atoms with Crippen LogP contribution < -0.4 is 10.2 Å². The molecule has 4 nitrogen and oxygen atoms in total. The molecule has 2 rings (SSSR count). The van der Waals surface area contributed by atoms with Crippen LogP contribution in [0.4, 0.5) is 11.4 Å². The number of amides is 2. The third kappa shape index (κ3) is 4.69. The Morgan fingerprint density at radius 2 is 1.76 bits per heavy atom. The van der Waals surface area contributed by atoms with Crippen LogP contribution in [0.5, 0.6) is 0 Å². The Hall–Kier alpha value is -2.62. The summed E-state index contributed by atoms with van der Waals surface area (Å²) in [6.07, 6.45) is 1.10. The van der Waals surface area contributed by atoms with Crippen LogP contribution in [0.3, 0.4) is 0 Å². The molecule has 0 aliphatic heterocycles. The first-order valence-electron chi connectivity index (χ1n) is 8.66. The number of carbonyl (C=O) groups is 2. The van der Waals surface area contributed by atoms with Gasteiger partial charge in [-0.05, 0) is 49.1 Å². The summed E-state index contributed by atoms with van der Waals surface area (Å²) in [5.41, 5.74) is 5.02. The quantitative estimate of drug-likeness (QED) is 0.856. The molecule has 0 bridgehead atoms. The molecule has 132 valence electrons. The third-order valence-corrected chi connectivity index (χ3v) is 4.48. The summed E-state index contributed by atoms with van der Waals surface area (Å²) in [6, 6.07) is 13.7. The smallest absolute Gasteiger partial charge is 0.226 e. The summed E-state index contributed by atoms with van der Waals surface area (Å²) in [6.45, 7) is 7.97. The first-order valence-corrected chi connectivity index (χ1v) is 8.66. The second-order valence-corrected chi connectivity index (χ2v) is 6.20. The maximum Gasteiger partial charge on any atom is 0.226 e. The van der Waals surface area contributed by atoms with E-state index < -0.39 is 0 Å². The van der Waals surface area contributed by atoms with Gasteiger partial charge in [0.1, 0.15) is 0 Å². The lowest BCUT2D eigenvalue weighted by atomic mass is 10.1. The van der Waals surface area contributed by atoms with E-state index in [-0.39, 0.29) is 18.2 Å². The van der Waals surface area contributed by atoms with Crippen molar-refractivity contribution in [1.82, 2.24) is 0 Å². The summed E-state index contributed by atoms with van der Waals surface area (Å²) in [7, 11) is 0. The van der Waals surface area contributed by atoms with Gasteiger partial charge in [-0.15, -0.1) is 0 Å². The number of hydrogen-bond acceptors (Lipinski definition) is 2. The maximum absolute atomic E-state index is 12.3. The molecule has 4 heteroatoms. The monoisotopic (exact) mass is 338 g/mol. The number of benzene rings is 2. The van der Waals surface area contributed by atoms with E-state index in [0.29, 0.717) is 6.54 Å². The highest BCUT2D eigenvalue weighted by Gasteiger charge is 2.16. The Bertz CT molecular complexity index is 768. The average molecular weight is 338 g/mol. The van der Waals surface area contributed by atoms with E-state index in [9.17, 15) is 9.59 Å². The molecule has 2 aromatic rings. The zero-order chi connectivity index (χ0) is 18.4. The summed E-state index contributed by atoms with van der Waals surface area (Å²) in [5.74, 6) is -0.144. The molecule has 0 heterocycles. The molecule has 0 aromatic heterocycles. The standard InChI is InChI=1S/C21H26N2O2/c1-5-18-10-6-7-12-20(18)23(17(4)24)14-13-21(25)22-19-11-8-9-15(2)16(19)3/h6-12H,5,13-14H2,1-4H3,(H,22,25). The molecule has 0 atom stereocenters. The Labute approximate surface area is 149 Å². The topological polar surface area (TPSA) is 49.4 Å². The molecule has 2 amide bonds. The van der Waals surface area contributed by atoms with Crippen LogP contribution in [0, 0.1) is 13.8 Å². The van der Waals surface area contributed by atoms with Crippen molar-refractivity contribution >= 4 is 23.2 Å². The van der Waals surface area contributed by atoms with E-state index in [0.717, 1.165) is 34.5 Å². The van der Waals surface area contributed by atoms with Crippen molar-refractivity contribution < 1.29 is 9.59 Å².